The lowest BCUT2D eigenvalue weighted by Gasteiger charge is -2.04. The fraction of sp³-hybridized carbons (Fsp3) is 0.935. The quantitative estimate of drug-likeness (QED) is 0.241. The first kappa shape index (κ1) is 54.5. The fourth-order valence-electron chi connectivity index (χ4n) is 0.781. The van der Waals surface area contributed by atoms with Crippen LogP contribution >= 0.6 is 0 Å². The van der Waals surface area contributed by atoms with Gasteiger partial charge in [0.15, 0.2) is 0 Å². The number of ether oxygens (including phenoxy) is 2. The largest absolute Gasteiger partial charge is 0.391 e. The molecule has 0 unspecified atom stereocenters. The summed E-state index contributed by atoms with van der Waals surface area (Å²) >= 11 is 0. The lowest BCUT2D eigenvalue weighted by molar-refractivity contribution is 0.102. The first-order valence-corrected chi connectivity index (χ1v) is 13.2. The van der Waals surface area contributed by atoms with Crippen molar-refractivity contribution < 1.29 is 14.6 Å². The maximum Gasteiger partial charge on any atom is 0.0563 e. The molecule has 0 saturated heterocycles. The number of aliphatic hydroxyl groups is 1. The van der Waals surface area contributed by atoms with E-state index in [0.717, 1.165) is 58.0 Å². The highest BCUT2D eigenvalue weighted by Crippen LogP contribution is 1.94. The van der Waals surface area contributed by atoms with Crippen LogP contribution in [0.5, 0.6) is 0 Å². The summed E-state index contributed by atoms with van der Waals surface area (Å²) < 4.78 is 10.3. The molecule has 0 aromatic heterocycles. The van der Waals surface area contributed by atoms with Crippen molar-refractivity contribution in [1.82, 2.24) is 0 Å². The minimum Gasteiger partial charge on any atom is -0.391 e. The second-order valence-electron chi connectivity index (χ2n) is 9.40. The Morgan fingerprint density at radius 2 is 0.794 bits per heavy atom. The van der Waals surface area contributed by atoms with Crippen molar-refractivity contribution in [3.8, 4) is 0 Å². The summed E-state index contributed by atoms with van der Waals surface area (Å²) in [5.41, 5.74) is 0.667. The van der Waals surface area contributed by atoms with Crippen LogP contribution in [0.1, 0.15) is 157 Å². The lowest BCUT2D eigenvalue weighted by Crippen LogP contribution is -2.10. The molecule has 0 radical (unpaired) electrons. The molecule has 0 bridgehead atoms. The van der Waals surface area contributed by atoms with E-state index in [1.807, 2.05) is 13.8 Å². The molecule has 34 heavy (non-hydrogen) atoms. The van der Waals surface area contributed by atoms with E-state index in [4.69, 9.17) is 14.6 Å². The normalized spacial score (nSPS) is 8.71. The summed E-state index contributed by atoms with van der Waals surface area (Å²) in [7, 11) is 0. The van der Waals surface area contributed by atoms with Crippen LogP contribution in [0.3, 0.4) is 0 Å². The maximum absolute atomic E-state index is 8.52. The molecule has 0 heterocycles. The Kier molecular flexibility index (Phi) is 86.3. The van der Waals surface area contributed by atoms with Crippen molar-refractivity contribution in [1.29, 1.82) is 0 Å². The van der Waals surface area contributed by atoms with Gasteiger partial charge in [-0.15, -0.1) is 6.58 Å². The number of unbranched alkanes of at least 4 members (excludes halogenated alkanes) is 1. The van der Waals surface area contributed by atoms with Crippen molar-refractivity contribution in [2.45, 2.75) is 162 Å². The van der Waals surface area contributed by atoms with Gasteiger partial charge in [-0.2, -0.15) is 0 Å². The summed E-state index contributed by atoms with van der Waals surface area (Å²) in [5.74, 6) is 0.884. The molecular weight excluding hydrogens is 420 g/mol. The van der Waals surface area contributed by atoms with Crippen LogP contribution in [0.4, 0.5) is 0 Å². The Labute approximate surface area is 221 Å². The smallest absolute Gasteiger partial charge is 0.0563 e. The number of hydrogen-bond acceptors (Lipinski definition) is 3. The van der Waals surface area contributed by atoms with Crippen LogP contribution in [-0.2, 0) is 9.47 Å². The van der Waals surface area contributed by atoms with E-state index in [9.17, 15) is 0 Å². The van der Waals surface area contributed by atoms with E-state index in [1.165, 1.54) is 24.8 Å². The van der Waals surface area contributed by atoms with Gasteiger partial charge in [-0.3, -0.25) is 0 Å². The zero-order valence-electron chi connectivity index (χ0n) is 25.3. The monoisotopic (exact) mass is 497 g/mol. The van der Waals surface area contributed by atoms with Gasteiger partial charge in [0.1, 0.15) is 0 Å². The van der Waals surface area contributed by atoms with Gasteiger partial charge in [-0.1, -0.05) is 102 Å². The Morgan fingerprint density at radius 1 is 0.647 bits per heavy atom. The third kappa shape index (κ3) is 263. The van der Waals surface area contributed by atoms with Gasteiger partial charge in [0.25, 0.3) is 0 Å². The highest BCUT2D eigenvalue weighted by Gasteiger charge is 1.97. The van der Waals surface area contributed by atoms with E-state index in [1.54, 1.807) is 20.8 Å². The average molecular weight is 497 g/mol. The van der Waals surface area contributed by atoms with Crippen molar-refractivity contribution in [3.63, 3.8) is 0 Å². The Morgan fingerprint density at radius 3 is 0.853 bits per heavy atom. The van der Waals surface area contributed by atoms with Gasteiger partial charge < -0.3 is 14.6 Å². The topological polar surface area (TPSA) is 38.7 Å². The van der Waals surface area contributed by atoms with Gasteiger partial charge in [-0.05, 0) is 66.2 Å². The van der Waals surface area contributed by atoms with Crippen LogP contribution < -0.4 is 0 Å². The molecule has 0 amide bonds. The van der Waals surface area contributed by atoms with Gasteiger partial charge in [-0.25, -0.2) is 0 Å². The molecule has 0 aromatic carbocycles. The summed E-state index contributed by atoms with van der Waals surface area (Å²) in [6.45, 7) is 35.9. The number of rotatable bonds is 10. The Balaban J connectivity index is -0.0000000399. The van der Waals surface area contributed by atoms with Crippen molar-refractivity contribution >= 4 is 0 Å². The average Bonchev–Trinajstić information content (AvgIpc) is 2.68. The minimum absolute atomic E-state index is 0. The van der Waals surface area contributed by atoms with E-state index < -0.39 is 5.60 Å². The van der Waals surface area contributed by atoms with Crippen LogP contribution in [0, 0.1) is 5.92 Å². The molecule has 1 N–H and O–H groups in total. The first-order chi connectivity index (χ1) is 14.7. The fourth-order valence-corrected chi connectivity index (χ4v) is 0.781. The van der Waals surface area contributed by atoms with E-state index in [2.05, 4.69) is 68.9 Å². The molecule has 0 atom stereocenters. The van der Waals surface area contributed by atoms with Crippen molar-refractivity contribution in [2.75, 3.05) is 26.4 Å². The third-order valence-electron chi connectivity index (χ3n) is 2.71. The lowest BCUT2D eigenvalue weighted by atomic mass is 10.2. The SMILES string of the molecule is C.C.C=C(C)C.CC(C)(C)O.CCC(C)C.CCCC.CCCOCCC.CCCOCCC. The molecule has 3 nitrogen and oxygen atoms in total. The molecule has 0 aliphatic carbocycles. The van der Waals surface area contributed by atoms with Crippen LogP contribution in [-0.4, -0.2) is 37.1 Å². The summed E-state index contributed by atoms with van der Waals surface area (Å²) in [6, 6.07) is 0. The highest BCUT2D eigenvalue weighted by molar-refractivity contribution is 4.78. The summed E-state index contributed by atoms with van der Waals surface area (Å²) in [5, 5.41) is 8.52. The molecule has 0 spiro atoms. The minimum atomic E-state index is -0.500. The molecule has 0 saturated carbocycles. The molecule has 0 aliphatic heterocycles. The standard InChI is InChI=1S/2C6H14O.C5H12.C4H10O.C4H8.C4H10.2CH4/c2*1-3-5-7-6-4-2;1-4-5(2)3;1-4(2,3)5;1-4(2)3;1-3-4-2;;/h2*3-6H2,1-2H3;5H,4H2,1-3H3;5H,1-3H3;1H2,2-3H3;3-4H2,1-2H3;2*1H4. The third-order valence-corrected chi connectivity index (χ3v) is 2.71. The van der Waals surface area contributed by atoms with Crippen LogP contribution in [0.15, 0.2) is 12.2 Å². The summed E-state index contributed by atoms with van der Waals surface area (Å²) in [6.07, 6.45) is 8.50. The molecular formula is C31H76O3. The molecule has 0 aromatic rings. The molecule has 0 rings (SSSR count). The van der Waals surface area contributed by atoms with Gasteiger partial charge in [0, 0.05) is 26.4 Å². The number of allylic oxidation sites excluding steroid dienone is 1. The summed E-state index contributed by atoms with van der Waals surface area (Å²) in [4.78, 5) is 0. The van der Waals surface area contributed by atoms with Crippen molar-refractivity contribution in [2.24, 2.45) is 5.92 Å². The molecule has 3 heteroatoms. The van der Waals surface area contributed by atoms with Crippen LogP contribution in [0.2, 0.25) is 0 Å². The van der Waals surface area contributed by atoms with Gasteiger partial charge >= 0.3 is 0 Å². The zero-order chi connectivity index (χ0) is 26.8. The van der Waals surface area contributed by atoms with Gasteiger partial charge in [0.2, 0.25) is 0 Å². The second kappa shape index (κ2) is 53.8. The van der Waals surface area contributed by atoms with E-state index in [0.29, 0.717) is 0 Å². The highest BCUT2D eigenvalue weighted by atomic mass is 16.5. The second-order valence-corrected chi connectivity index (χ2v) is 9.40. The molecule has 218 valence electrons. The molecule has 0 fully saturated rings. The maximum atomic E-state index is 8.52. The predicted molar refractivity (Wildman–Crippen MR) is 164 cm³/mol. The number of hydrogen-bond donors (Lipinski definition) is 1. The zero-order valence-corrected chi connectivity index (χ0v) is 25.3. The predicted octanol–water partition coefficient (Wildman–Crippen LogP) is 11.1. The van der Waals surface area contributed by atoms with E-state index >= 15 is 0 Å². The first-order valence-electron chi connectivity index (χ1n) is 13.2. The Bertz CT molecular complexity index is 238. The van der Waals surface area contributed by atoms with Gasteiger partial charge in [0.05, 0.1) is 5.60 Å². The molecule has 0 aliphatic rings. The Hall–Kier alpha value is -0.380. The van der Waals surface area contributed by atoms with E-state index in [-0.39, 0.29) is 14.9 Å². The van der Waals surface area contributed by atoms with Crippen LogP contribution in [0.25, 0.3) is 0 Å². The van der Waals surface area contributed by atoms with Crippen molar-refractivity contribution in [3.05, 3.63) is 12.2 Å².